The van der Waals surface area contributed by atoms with Crippen molar-refractivity contribution in [1.82, 2.24) is 15.5 Å². The van der Waals surface area contributed by atoms with E-state index in [0.717, 1.165) is 12.8 Å². The van der Waals surface area contributed by atoms with Gasteiger partial charge in [0.15, 0.2) is 0 Å². The Bertz CT molecular complexity index is 494. The maximum Gasteiger partial charge on any atom is 0.317 e. The standard InChI is InChI=1S/C17H29N3OS/c1-12(14-8-7-9-22-14)20(6)15(21)18-13-10-16(2,3)19-17(4,5)11-13/h7-9,12-13,19H,10-11H2,1-6H3,(H,18,21). The van der Waals surface area contributed by atoms with Crippen molar-refractivity contribution in [3.05, 3.63) is 22.4 Å². The van der Waals surface area contributed by atoms with E-state index in [-0.39, 0.29) is 29.2 Å². The van der Waals surface area contributed by atoms with Crippen molar-refractivity contribution < 1.29 is 4.79 Å². The van der Waals surface area contributed by atoms with Crippen molar-refractivity contribution >= 4 is 17.4 Å². The summed E-state index contributed by atoms with van der Waals surface area (Å²) < 4.78 is 0. The summed E-state index contributed by atoms with van der Waals surface area (Å²) in [6, 6.07) is 4.43. The molecule has 22 heavy (non-hydrogen) atoms. The van der Waals surface area contributed by atoms with E-state index >= 15 is 0 Å². The number of amides is 2. The van der Waals surface area contributed by atoms with E-state index in [1.807, 2.05) is 13.1 Å². The number of hydrogen-bond acceptors (Lipinski definition) is 3. The summed E-state index contributed by atoms with van der Waals surface area (Å²) in [7, 11) is 1.87. The molecule has 1 aromatic rings. The molecule has 1 unspecified atom stereocenters. The van der Waals surface area contributed by atoms with Crippen LogP contribution in [0.3, 0.4) is 0 Å². The average Bonchev–Trinajstić information content (AvgIpc) is 2.86. The molecule has 4 nitrogen and oxygen atoms in total. The molecule has 1 aromatic heterocycles. The van der Waals surface area contributed by atoms with Gasteiger partial charge >= 0.3 is 6.03 Å². The highest BCUT2D eigenvalue weighted by Gasteiger charge is 2.38. The molecule has 0 spiro atoms. The highest BCUT2D eigenvalue weighted by molar-refractivity contribution is 7.10. The van der Waals surface area contributed by atoms with Crippen LogP contribution in [-0.4, -0.2) is 35.1 Å². The fourth-order valence-corrected chi connectivity index (χ4v) is 4.42. The summed E-state index contributed by atoms with van der Waals surface area (Å²) in [5.41, 5.74) is 0.0786. The minimum Gasteiger partial charge on any atom is -0.335 e. The number of piperidine rings is 1. The normalized spacial score (nSPS) is 22.1. The molecule has 1 aliphatic heterocycles. The first-order chi connectivity index (χ1) is 10.1. The van der Waals surface area contributed by atoms with Crippen LogP contribution < -0.4 is 10.6 Å². The number of hydrogen-bond donors (Lipinski definition) is 2. The van der Waals surface area contributed by atoms with Gasteiger partial charge in [-0.2, -0.15) is 0 Å². The third kappa shape index (κ3) is 4.23. The van der Waals surface area contributed by atoms with E-state index in [1.165, 1.54) is 4.88 Å². The third-order valence-electron chi connectivity index (χ3n) is 4.37. The monoisotopic (exact) mass is 323 g/mol. The van der Waals surface area contributed by atoms with E-state index in [1.54, 1.807) is 16.2 Å². The van der Waals surface area contributed by atoms with Crippen molar-refractivity contribution in [2.75, 3.05) is 7.05 Å². The van der Waals surface area contributed by atoms with Crippen LogP contribution >= 0.6 is 11.3 Å². The highest BCUT2D eigenvalue weighted by Crippen LogP contribution is 2.29. The van der Waals surface area contributed by atoms with Crippen molar-refractivity contribution in [3.8, 4) is 0 Å². The minimum absolute atomic E-state index is 0.0133. The molecule has 0 aromatic carbocycles. The zero-order valence-electron chi connectivity index (χ0n) is 14.6. The van der Waals surface area contributed by atoms with Gasteiger partial charge in [0.05, 0.1) is 6.04 Å². The molecule has 2 heterocycles. The molecular weight excluding hydrogens is 294 g/mol. The van der Waals surface area contributed by atoms with Gasteiger partial charge in [-0.15, -0.1) is 11.3 Å². The number of nitrogens with one attached hydrogen (secondary N) is 2. The van der Waals surface area contributed by atoms with Crippen LogP contribution in [0.25, 0.3) is 0 Å². The molecule has 1 saturated heterocycles. The minimum atomic E-state index is 0.0133. The van der Waals surface area contributed by atoms with Gasteiger partial charge in [0.1, 0.15) is 0 Å². The zero-order valence-corrected chi connectivity index (χ0v) is 15.4. The van der Waals surface area contributed by atoms with Gasteiger partial charge in [-0.1, -0.05) is 6.07 Å². The smallest absolute Gasteiger partial charge is 0.317 e. The molecule has 2 amide bonds. The van der Waals surface area contributed by atoms with E-state index in [4.69, 9.17) is 0 Å². The molecular formula is C17H29N3OS. The quantitative estimate of drug-likeness (QED) is 0.889. The van der Waals surface area contributed by atoms with Gasteiger partial charge in [-0.05, 0) is 58.9 Å². The van der Waals surface area contributed by atoms with Crippen LogP contribution in [0, 0.1) is 0 Å². The SMILES string of the molecule is CC(c1cccs1)N(C)C(=O)NC1CC(C)(C)NC(C)(C)C1. The van der Waals surface area contributed by atoms with Crippen LogP contribution in [0.1, 0.15) is 58.4 Å². The lowest BCUT2D eigenvalue weighted by Gasteiger charge is -2.47. The summed E-state index contributed by atoms with van der Waals surface area (Å²) in [6.45, 7) is 10.9. The van der Waals surface area contributed by atoms with Crippen LogP contribution in [-0.2, 0) is 0 Å². The largest absolute Gasteiger partial charge is 0.335 e. The number of nitrogens with zero attached hydrogens (tertiary/aromatic N) is 1. The molecule has 0 aliphatic carbocycles. The summed E-state index contributed by atoms with van der Waals surface area (Å²) in [5.74, 6) is 0. The number of carbonyl (C=O) groups is 1. The number of carbonyl (C=O) groups excluding carboxylic acids is 1. The lowest BCUT2D eigenvalue weighted by atomic mass is 9.79. The summed E-state index contributed by atoms with van der Waals surface area (Å²) in [6.07, 6.45) is 1.90. The second-order valence-electron chi connectivity index (χ2n) is 7.75. The molecule has 1 fully saturated rings. The Hall–Kier alpha value is -1.07. The Labute approximate surface area is 138 Å². The van der Waals surface area contributed by atoms with Crippen molar-refractivity contribution in [2.45, 2.75) is 70.6 Å². The molecule has 0 bridgehead atoms. The Kier molecular flexibility index (Phi) is 4.87. The Morgan fingerprint density at radius 2 is 1.95 bits per heavy atom. The second kappa shape index (κ2) is 6.20. The Morgan fingerprint density at radius 3 is 2.45 bits per heavy atom. The maximum atomic E-state index is 12.6. The van der Waals surface area contributed by atoms with Crippen molar-refractivity contribution in [1.29, 1.82) is 0 Å². The number of thiophene rings is 1. The lowest BCUT2D eigenvalue weighted by molar-refractivity contribution is 0.138. The third-order valence-corrected chi connectivity index (χ3v) is 5.42. The summed E-state index contributed by atoms with van der Waals surface area (Å²) in [5, 5.41) is 8.92. The first kappa shape index (κ1) is 17.3. The lowest BCUT2D eigenvalue weighted by Crippen LogP contribution is -2.62. The molecule has 1 aliphatic rings. The van der Waals surface area contributed by atoms with E-state index in [0.29, 0.717) is 0 Å². The highest BCUT2D eigenvalue weighted by atomic mass is 32.1. The van der Waals surface area contributed by atoms with Gasteiger partial charge in [-0.3, -0.25) is 0 Å². The molecule has 0 radical (unpaired) electrons. The van der Waals surface area contributed by atoms with E-state index in [2.05, 4.69) is 56.7 Å². The van der Waals surface area contributed by atoms with Gasteiger partial charge in [0.25, 0.3) is 0 Å². The topological polar surface area (TPSA) is 44.4 Å². The summed E-state index contributed by atoms with van der Waals surface area (Å²) in [4.78, 5) is 15.6. The predicted octanol–water partition coefficient (Wildman–Crippen LogP) is 3.76. The van der Waals surface area contributed by atoms with E-state index in [9.17, 15) is 4.79 Å². The van der Waals surface area contributed by atoms with Gasteiger partial charge < -0.3 is 15.5 Å². The molecule has 2 rings (SSSR count). The van der Waals surface area contributed by atoms with Crippen LogP contribution in [0.4, 0.5) is 4.79 Å². The first-order valence-electron chi connectivity index (χ1n) is 7.96. The molecule has 124 valence electrons. The van der Waals surface area contributed by atoms with Crippen LogP contribution in [0.15, 0.2) is 17.5 Å². The Balaban J connectivity index is 1.99. The second-order valence-corrected chi connectivity index (χ2v) is 8.73. The van der Waals surface area contributed by atoms with Crippen molar-refractivity contribution in [2.24, 2.45) is 0 Å². The average molecular weight is 324 g/mol. The first-order valence-corrected chi connectivity index (χ1v) is 8.84. The van der Waals surface area contributed by atoms with Crippen LogP contribution in [0.2, 0.25) is 0 Å². The number of rotatable bonds is 3. The summed E-state index contributed by atoms with van der Waals surface area (Å²) >= 11 is 1.69. The van der Waals surface area contributed by atoms with Crippen LogP contribution in [0.5, 0.6) is 0 Å². The maximum absolute atomic E-state index is 12.6. The molecule has 0 saturated carbocycles. The Morgan fingerprint density at radius 1 is 1.36 bits per heavy atom. The fourth-order valence-electron chi connectivity index (χ4n) is 3.60. The number of urea groups is 1. The van der Waals surface area contributed by atoms with Crippen molar-refractivity contribution in [3.63, 3.8) is 0 Å². The predicted molar refractivity (Wildman–Crippen MR) is 93.3 cm³/mol. The van der Waals surface area contributed by atoms with Gasteiger partial charge in [0, 0.05) is 29.0 Å². The van der Waals surface area contributed by atoms with Gasteiger partial charge in [0.2, 0.25) is 0 Å². The fraction of sp³-hybridized carbons (Fsp3) is 0.706. The molecule has 1 atom stereocenters. The molecule has 2 N–H and O–H groups in total. The molecule has 5 heteroatoms. The van der Waals surface area contributed by atoms with E-state index < -0.39 is 0 Å². The van der Waals surface area contributed by atoms with Gasteiger partial charge in [-0.25, -0.2) is 4.79 Å². The zero-order chi connectivity index (χ0) is 16.5.